The Morgan fingerprint density at radius 2 is 1.45 bits per heavy atom. The minimum Gasteiger partial charge on any atom is -0.368 e. The molecule has 38 heavy (non-hydrogen) atoms. The van der Waals surface area contributed by atoms with Crippen LogP contribution >= 0.6 is 15.9 Å². The number of anilines is 1. The summed E-state index contributed by atoms with van der Waals surface area (Å²) in [7, 11) is 0. The molecule has 0 bridgehead atoms. The van der Waals surface area contributed by atoms with Gasteiger partial charge in [-0.15, -0.1) is 0 Å². The third-order valence-corrected chi connectivity index (χ3v) is 7.81. The van der Waals surface area contributed by atoms with Crippen molar-refractivity contribution in [3.63, 3.8) is 0 Å². The average Bonchev–Trinajstić information content (AvgIpc) is 3.25. The van der Waals surface area contributed by atoms with Crippen LogP contribution in [0.4, 0.5) is 5.69 Å². The van der Waals surface area contributed by atoms with Crippen molar-refractivity contribution in [2.24, 2.45) is 0 Å². The van der Waals surface area contributed by atoms with Gasteiger partial charge in [0.1, 0.15) is 5.69 Å². The molecule has 0 saturated carbocycles. The number of aromatic nitrogens is 1. The number of amides is 1. The minimum atomic E-state index is 0.0670. The molecule has 0 unspecified atom stereocenters. The number of ketones is 1. The van der Waals surface area contributed by atoms with Crippen LogP contribution in [-0.4, -0.2) is 47.3 Å². The smallest absolute Gasteiger partial charge is 0.271 e. The van der Waals surface area contributed by atoms with Gasteiger partial charge in [0.05, 0.1) is 0 Å². The largest absolute Gasteiger partial charge is 0.368 e. The van der Waals surface area contributed by atoms with E-state index < -0.39 is 0 Å². The highest BCUT2D eigenvalue weighted by Gasteiger charge is 2.28. The van der Waals surface area contributed by atoms with Crippen LogP contribution in [0, 0.1) is 13.8 Å². The number of carbonyl (C=O) groups is 2. The molecule has 0 N–H and O–H groups in total. The predicted molar refractivity (Wildman–Crippen MR) is 157 cm³/mol. The van der Waals surface area contributed by atoms with E-state index in [1.807, 2.05) is 41.3 Å². The molecular formula is C32H32BrN3O2. The lowest BCUT2D eigenvalue weighted by atomic mass is 10.00. The van der Waals surface area contributed by atoms with Crippen molar-refractivity contribution in [2.75, 3.05) is 31.1 Å². The Labute approximate surface area is 232 Å². The van der Waals surface area contributed by atoms with E-state index in [0.29, 0.717) is 25.2 Å². The van der Waals surface area contributed by atoms with Gasteiger partial charge in [0.2, 0.25) is 0 Å². The highest BCUT2D eigenvalue weighted by atomic mass is 79.9. The number of piperazine rings is 1. The molecule has 4 aromatic rings. The zero-order valence-electron chi connectivity index (χ0n) is 22.1. The fraction of sp³-hybridized carbons (Fsp3) is 0.250. The molecule has 3 aromatic carbocycles. The number of hydrogen-bond acceptors (Lipinski definition) is 3. The fourth-order valence-corrected chi connectivity index (χ4v) is 5.41. The second kappa shape index (κ2) is 11.0. The van der Waals surface area contributed by atoms with Crippen LogP contribution in [0.2, 0.25) is 0 Å². The van der Waals surface area contributed by atoms with E-state index in [1.165, 1.54) is 5.56 Å². The third-order valence-electron chi connectivity index (χ3n) is 7.28. The van der Waals surface area contributed by atoms with Crippen LogP contribution in [0.15, 0.2) is 83.5 Å². The maximum absolute atomic E-state index is 14.1. The molecule has 0 atom stereocenters. The molecule has 2 heterocycles. The van der Waals surface area contributed by atoms with Gasteiger partial charge in [0.15, 0.2) is 5.78 Å². The summed E-state index contributed by atoms with van der Waals surface area (Å²) in [6, 6.07) is 24.4. The number of halogens is 1. The highest BCUT2D eigenvalue weighted by Crippen LogP contribution is 2.32. The Kier molecular flexibility index (Phi) is 7.52. The van der Waals surface area contributed by atoms with Crippen LogP contribution < -0.4 is 4.90 Å². The Bertz CT molecular complexity index is 1450. The van der Waals surface area contributed by atoms with Crippen molar-refractivity contribution >= 4 is 33.3 Å². The van der Waals surface area contributed by atoms with E-state index in [0.717, 1.165) is 51.2 Å². The van der Waals surface area contributed by atoms with Crippen LogP contribution in [0.5, 0.6) is 0 Å². The Morgan fingerprint density at radius 3 is 2.05 bits per heavy atom. The molecule has 1 aliphatic rings. The Morgan fingerprint density at radius 1 is 0.816 bits per heavy atom. The highest BCUT2D eigenvalue weighted by molar-refractivity contribution is 9.10. The Hall–Kier alpha value is -3.64. The van der Waals surface area contributed by atoms with E-state index >= 15 is 0 Å². The summed E-state index contributed by atoms with van der Waals surface area (Å²) < 4.78 is 3.15. The predicted octanol–water partition coefficient (Wildman–Crippen LogP) is 6.75. The zero-order chi connectivity index (χ0) is 26.8. The molecule has 1 amide bonds. The summed E-state index contributed by atoms with van der Waals surface area (Å²) in [5.41, 5.74) is 8.05. The van der Waals surface area contributed by atoms with Crippen molar-refractivity contribution in [2.45, 2.75) is 27.3 Å². The van der Waals surface area contributed by atoms with Crippen molar-refractivity contribution in [3.8, 4) is 11.1 Å². The van der Waals surface area contributed by atoms with E-state index in [2.05, 4.69) is 81.8 Å². The molecule has 0 spiro atoms. The summed E-state index contributed by atoms with van der Waals surface area (Å²) in [6.45, 7) is 9.16. The first-order valence-electron chi connectivity index (χ1n) is 13.0. The van der Waals surface area contributed by atoms with Crippen LogP contribution in [0.3, 0.4) is 0 Å². The van der Waals surface area contributed by atoms with Crippen LogP contribution in [0.1, 0.15) is 44.5 Å². The van der Waals surface area contributed by atoms with E-state index in [-0.39, 0.29) is 11.7 Å². The van der Waals surface area contributed by atoms with Gasteiger partial charge in [-0.3, -0.25) is 9.59 Å². The number of benzene rings is 3. The quantitative estimate of drug-likeness (QED) is 0.241. The topological polar surface area (TPSA) is 45.6 Å². The van der Waals surface area contributed by atoms with Gasteiger partial charge in [-0.25, -0.2) is 0 Å². The van der Waals surface area contributed by atoms with Crippen molar-refractivity contribution in [1.82, 2.24) is 9.47 Å². The Balaban J connectivity index is 1.42. The summed E-state index contributed by atoms with van der Waals surface area (Å²) in [6.07, 6.45) is 2.11. The number of carbonyl (C=O) groups excluding carboxylic acids is 2. The molecule has 1 aliphatic heterocycles. The first-order valence-corrected chi connectivity index (χ1v) is 13.8. The molecule has 5 nitrogen and oxygen atoms in total. The van der Waals surface area contributed by atoms with Crippen LogP contribution in [0.25, 0.3) is 11.1 Å². The van der Waals surface area contributed by atoms with E-state index in [4.69, 9.17) is 0 Å². The van der Waals surface area contributed by atoms with Gasteiger partial charge in [-0.1, -0.05) is 57.9 Å². The van der Waals surface area contributed by atoms with Gasteiger partial charge in [-0.05, 0) is 73.9 Å². The SMILES string of the molecule is CC(=O)c1ccc(N2CCN(C(=O)c3c(-c4ccc(C)cc4)c(C)cn3Cc3ccc(Br)cc3)CC2)cc1. The normalized spacial score (nSPS) is 13.6. The molecular weight excluding hydrogens is 538 g/mol. The van der Waals surface area contributed by atoms with Gasteiger partial charge < -0.3 is 14.4 Å². The monoisotopic (exact) mass is 569 g/mol. The van der Waals surface area contributed by atoms with Crippen molar-refractivity contribution in [3.05, 3.63) is 111 Å². The van der Waals surface area contributed by atoms with E-state index in [1.54, 1.807) is 6.92 Å². The molecule has 194 valence electrons. The van der Waals surface area contributed by atoms with Crippen molar-refractivity contribution in [1.29, 1.82) is 0 Å². The number of nitrogens with zero attached hydrogens (tertiary/aromatic N) is 3. The summed E-state index contributed by atoms with van der Waals surface area (Å²) in [5, 5.41) is 0. The van der Waals surface area contributed by atoms with Gasteiger partial charge in [0.25, 0.3) is 5.91 Å². The molecule has 5 rings (SSSR count). The third kappa shape index (κ3) is 5.46. The molecule has 0 aliphatic carbocycles. The van der Waals surface area contributed by atoms with Crippen molar-refractivity contribution < 1.29 is 9.59 Å². The van der Waals surface area contributed by atoms with E-state index in [9.17, 15) is 9.59 Å². The minimum absolute atomic E-state index is 0.0670. The maximum atomic E-state index is 14.1. The number of rotatable bonds is 6. The number of aryl methyl sites for hydroxylation is 2. The lowest BCUT2D eigenvalue weighted by Gasteiger charge is -2.36. The maximum Gasteiger partial charge on any atom is 0.271 e. The van der Waals surface area contributed by atoms with Gasteiger partial charge in [0, 0.05) is 60.2 Å². The average molecular weight is 571 g/mol. The molecule has 0 radical (unpaired) electrons. The molecule has 6 heteroatoms. The fourth-order valence-electron chi connectivity index (χ4n) is 5.14. The second-order valence-electron chi connectivity index (χ2n) is 10.0. The first-order chi connectivity index (χ1) is 18.3. The summed E-state index contributed by atoms with van der Waals surface area (Å²) >= 11 is 3.52. The standard InChI is InChI=1S/C32H32BrN3O2/c1-22-4-8-27(9-5-22)30-23(2)20-36(21-25-6-12-28(33)13-7-25)31(30)32(38)35-18-16-34(17-19-35)29-14-10-26(11-15-29)24(3)37/h4-15,20H,16-19,21H2,1-3H3. The zero-order valence-corrected chi connectivity index (χ0v) is 23.7. The lowest BCUT2D eigenvalue weighted by Crippen LogP contribution is -2.49. The molecule has 1 fully saturated rings. The number of hydrogen-bond donors (Lipinski definition) is 0. The molecule has 1 aromatic heterocycles. The lowest BCUT2D eigenvalue weighted by molar-refractivity contribution is 0.0737. The summed E-state index contributed by atoms with van der Waals surface area (Å²) in [5.74, 6) is 0.134. The molecule has 1 saturated heterocycles. The van der Waals surface area contributed by atoms with Crippen LogP contribution in [-0.2, 0) is 6.54 Å². The van der Waals surface area contributed by atoms with Gasteiger partial charge in [-0.2, -0.15) is 0 Å². The summed E-state index contributed by atoms with van der Waals surface area (Å²) in [4.78, 5) is 30.0. The number of Topliss-reactive ketones (excluding diaryl/α,β-unsaturated/α-hetero) is 1. The second-order valence-corrected chi connectivity index (χ2v) is 11.0. The van der Waals surface area contributed by atoms with Gasteiger partial charge >= 0.3 is 0 Å². The first kappa shape index (κ1) is 26.0.